The lowest BCUT2D eigenvalue weighted by Crippen LogP contribution is -2.03. The number of hydrogen-bond donors (Lipinski definition) is 0. The highest BCUT2D eigenvalue weighted by atomic mass is 35.5. The van der Waals surface area contributed by atoms with Gasteiger partial charge in [0, 0.05) is 5.25 Å². The van der Waals surface area contributed by atoms with Crippen LogP contribution in [-0.2, 0) is 0 Å². The molecule has 0 fully saturated rings. The number of carbonyl (C=O) groups excluding carboxylic acids is 1. The molecule has 1 nitrogen and oxygen atoms in total. The molecule has 82 valence electrons. The molecule has 4 heteroatoms. The minimum Gasteiger partial charge on any atom is -0.281 e. The van der Waals surface area contributed by atoms with Gasteiger partial charge in [-0.1, -0.05) is 54.9 Å². The highest BCUT2D eigenvalue weighted by Gasteiger charge is 2.16. The summed E-state index contributed by atoms with van der Waals surface area (Å²) < 4.78 is 0. The van der Waals surface area contributed by atoms with Crippen LogP contribution < -0.4 is 0 Å². The zero-order chi connectivity index (χ0) is 11.4. The minimum absolute atomic E-state index is 0.0556. The van der Waals surface area contributed by atoms with Crippen LogP contribution in [0.1, 0.15) is 30.6 Å². The van der Waals surface area contributed by atoms with Crippen LogP contribution in [0.5, 0.6) is 0 Å². The standard InChI is InChI=1S/C11H12Cl2OS/c1-3-7(2)15-11(14)10-8(12)5-4-6-9(10)13/h4-7H,3H2,1-2H3. The first kappa shape index (κ1) is 12.9. The molecule has 1 aromatic rings. The molecule has 0 spiro atoms. The Balaban J connectivity index is 2.91. The molecule has 0 amide bonds. The van der Waals surface area contributed by atoms with E-state index in [9.17, 15) is 4.79 Å². The molecule has 1 atom stereocenters. The van der Waals surface area contributed by atoms with Crippen LogP contribution in [0, 0.1) is 0 Å². The Morgan fingerprint density at radius 2 is 1.93 bits per heavy atom. The van der Waals surface area contributed by atoms with Crippen molar-refractivity contribution in [2.24, 2.45) is 0 Å². The molecule has 0 bridgehead atoms. The van der Waals surface area contributed by atoms with Gasteiger partial charge >= 0.3 is 0 Å². The van der Waals surface area contributed by atoms with Gasteiger partial charge in [-0.3, -0.25) is 4.79 Å². The van der Waals surface area contributed by atoms with Crippen LogP contribution in [0.3, 0.4) is 0 Å². The molecule has 0 aromatic heterocycles. The van der Waals surface area contributed by atoms with E-state index < -0.39 is 0 Å². The highest BCUT2D eigenvalue weighted by molar-refractivity contribution is 8.14. The molecule has 1 unspecified atom stereocenters. The summed E-state index contributed by atoms with van der Waals surface area (Å²) in [5.41, 5.74) is 0.422. The number of benzene rings is 1. The molecule has 0 saturated heterocycles. The molecular formula is C11H12Cl2OS. The molecule has 15 heavy (non-hydrogen) atoms. The van der Waals surface area contributed by atoms with E-state index in [4.69, 9.17) is 23.2 Å². The quantitative estimate of drug-likeness (QED) is 0.788. The summed E-state index contributed by atoms with van der Waals surface area (Å²) in [7, 11) is 0. The number of halogens is 2. The summed E-state index contributed by atoms with van der Waals surface area (Å²) in [4.78, 5) is 11.8. The Hall–Kier alpha value is -0.180. The summed E-state index contributed by atoms with van der Waals surface area (Å²) in [6.07, 6.45) is 0.943. The van der Waals surface area contributed by atoms with E-state index in [1.807, 2.05) is 13.8 Å². The Bertz CT molecular complexity index is 345. The van der Waals surface area contributed by atoms with Crippen LogP contribution in [0.15, 0.2) is 18.2 Å². The maximum atomic E-state index is 11.8. The fraction of sp³-hybridized carbons (Fsp3) is 0.364. The second kappa shape index (κ2) is 5.78. The lowest BCUT2D eigenvalue weighted by atomic mass is 10.2. The van der Waals surface area contributed by atoms with Gasteiger partial charge in [0.05, 0.1) is 15.6 Å². The van der Waals surface area contributed by atoms with Gasteiger partial charge in [-0.05, 0) is 18.6 Å². The Kier molecular flexibility index (Phi) is 4.97. The number of rotatable bonds is 3. The van der Waals surface area contributed by atoms with E-state index in [1.54, 1.807) is 18.2 Å². The van der Waals surface area contributed by atoms with Crippen molar-refractivity contribution in [3.05, 3.63) is 33.8 Å². The van der Waals surface area contributed by atoms with Crippen LogP contribution in [-0.4, -0.2) is 10.4 Å². The molecule has 1 aromatic carbocycles. The third-order valence-electron chi connectivity index (χ3n) is 2.05. The van der Waals surface area contributed by atoms with Crippen molar-refractivity contribution < 1.29 is 4.79 Å². The average molecular weight is 263 g/mol. The van der Waals surface area contributed by atoms with Gasteiger partial charge < -0.3 is 0 Å². The smallest absolute Gasteiger partial charge is 0.222 e. The first-order valence-corrected chi connectivity index (χ1v) is 6.34. The molecule has 0 N–H and O–H groups in total. The van der Waals surface area contributed by atoms with Crippen molar-refractivity contribution in [1.82, 2.24) is 0 Å². The van der Waals surface area contributed by atoms with E-state index >= 15 is 0 Å². The molecule has 0 aliphatic heterocycles. The number of hydrogen-bond acceptors (Lipinski definition) is 2. The summed E-state index contributed by atoms with van der Waals surface area (Å²) >= 11 is 13.1. The largest absolute Gasteiger partial charge is 0.281 e. The van der Waals surface area contributed by atoms with Crippen LogP contribution in [0.25, 0.3) is 0 Å². The molecular weight excluding hydrogens is 251 g/mol. The minimum atomic E-state index is -0.0556. The van der Waals surface area contributed by atoms with Gasteiger partial charge in [-0.2, -0.15) is 0 Å². The predicted octanol–water partition coefficient (Wildman–Crippen LogP) is 4.67. The summed E-state index contributed by atoms with van der Waals surface area (Å²) in [5.74, 6) is 0. The molecule has 0 aliphatic rings. The van der Waals surface area contributed by atoms with Crippen molar-refractivity contribution in [3.8, 4) is 0 Å². The van der Waals surface area contributed by atoms with Gasteiger partial charge in [-0.15, -0.1) is 0 Å². The first-order valence-electron chi connectivity index (χ1n) is 4.71. The Morgan fingerprint density at radius 1 is 1.40 bits per heavy atom. The highest BCUT2D eigenvalue weighted by Crippen LogP contribution is 2.30. The molecule has 0 aliphatic carbocycles. The van der Waals surface area contributed by atoms with Crippen LogP contribution in [0.4, 0.5) is 0 Å². The van der Waals surface area contributed by atoms with Crippen LogP contribution >= 0.6 is 35.0 Å². The first-order chi connectivity index (χ1) is 7.06. The lowest BCUT2D eigenvalue weighted by molar-refractivity contribution is 0.108. The van der Waals surface area contributed by atoms with Crippen molar-refractivity contribution >= 4 is 40.1 Å². The molecule has 0 radical (unpaired) electrons. The predicted molar refractivity (Wildman–Crippen MR) is 68.1 cm³/mol. The van der Waals surface area contributed by atoms with Gasteiger partial charge in [0.15, 0.2) is 0 Å². The zero-order valence-corrected chi connectivity index (χ0v) is 10.9. The monoisotopic (exact) mass is 262 g/mol. The number of thioether (sulfide) groups is 1. The van der Waals surface area contributed by atoms with Gasteiger partial charge in [0.1, 0.15) is 0 Å². The maximum absolute atomic E-state index is 11.8. The Morgan fingerprint density at radius 3 is 2.40 bits per heavy atom. The normalized spacial score (nSPS) is 12.5. The molecule has 0 heterocycles. The van der Waals surface area contributed by atoms with Gasteiger partial charge in [0.2, 0.25) is 5.12 Å². The second-order valence-electron chi connectivity index (χ2n) is 3.22. The zero-order valence-electron chi connectivity index (χ0n) is 8.59. The fourth-order valence-electron chi connectivity index (χ4n) is 1.02. The van der Waals surface area contributed by atoms with E-state index in [0.717, 1.165) is 6.42 Å². The summed E-state index contributed by atoms with van der Waals surface area (Å²) in [6.45, 7) is 4.05. The summed E-state index contributed by atoms with van der Waals surface area (Å²) in [6, 6.07) is 5.09. The third kappa shape index (κ3) is 3.40. The van der Waals surface area contributed by atoms with Crippen molar-refractivity contribution in [2.75, 3.05) is 0 Å². The lowest BCUT2D eigenvalue weighted by Gasteiger charge is -2.09. The van der Waals surface area contributed by atoms with Gasteiger partial charge in [0.25, 0.3) is 0 Å². The van der Waals surface area contributed by atoms with Crippen molar-refractivity contribution in [2.45, 2.75) is 25.5 Å². The van der Waals surface area contributed by atoms with E-state index in [2.05, 4.69) is 0 Å². The van der Waals surface area contributed by atoms with Crippen molar-refractivity contribution in [1.29, 1.82) is 0 Å². The topological polar surface area (TPSA) is 17.1 Å². The maximum Gasteiger partial charge on any atom is 0.222 e. The second-order valence-corrected chi connectivity index (χ2v) is 5.45. The van der Waals surface area contributed by atoms with Gasteiger partial charge in [-0.25, -0.2) is 0 Å². The average Bonchev–Trinajstić information content (AvgIpc) is 2.17. The summed E-state index contributed by atoms with van der Waals surface area (Å²) in [5, 5.41) is 1.07. The Labute approximate surface area is 104 Å². The van der Waals surface area contributed by atoms with Crippen molar-refractivity contribution in [3.63, 3.8) is 0 Å². The fourth-order valence-corrected chi connectivity index (χ4v) is 2.57. The number of carbonyl (C=O) groups is 1. The van der Waals surface area contributed by atoms with Crippen LogP contribution in [0.2, 0.25) is 10.0 Å². The van der Waals surface area contributed by atoms with E-state index in [-0.39, 0.29) is 10.4 Å². The third-order valence-corrected chi connectivity index (χ3v) is 3.83. The molecule has 1 rings (SSSR count). The molecule has 0 saturated carbocycles. The van der Waals surface area contributed by atoms with E-state index in [0.29, 0.717) is 15.6 Å². The SMILES string of the molecule is CCC(C)SC(=O)c1c(Cl)cccc1Cl. The van der Waals surface area contributed by atoms with E-state index in [1.165, 1.54) is 11.8 Å².